The zero-order chi connectivity index (χ0) is 25.4. The lowest BCUT2D eigenvalue weighted by molar-refractivity contribution is -0.151. The first kappa shape index (κ1) is 27.5. The topological polar surface area (TPSA) is 105 Å². The molecule has 1 fully saturated rings. The third-order valence-electron chi connectivity index (χ3n) is 7.75. The Bertz CT molecular complexity index is 843. The molecule has 0 radical (unpaired) electrons. The van der Waals surface area contributed by atoms with Crippen molar-refractivity contribution in [3.8, 4) is 5.75 Å². The Morgan fingerprint density at radius 3 is 2.74 bits per heavy atom. The Balaban J connectivity index is 1.55. The largest absolute Gasteiger partial charge is 0.482 e. The molecular formula is C28H43NO6. The van der Waals surface area contributed by atoms with Crippen molar-refractivity contribution >= 4 is 11.9 Å². The number of fused-ring (bicyclic) bond motifs is 2. The first-order valence-electron chi connectivity index (χ1n) is 13.3. The molecule has 35 heavy (non-hydrogen) atoms. The number of esters is 1. The summed E-state index contributed by atoms with van der Waals surface area (Å²) in [6.07, 6.45) is 7.32. The maximum absolute atomic E-state index is 12.2. The minimum atomic E-state index is -0.515. The molecule has 1 saturated carbocycles. The van der Waals surface area contributed by atoms with E-state index in [2.05, 4.69) is 18.3 Å². The number of carbonyl (C=O) groups excluding carboxylic acids is 2. The van der Waals surface area contributed by atoms with E-state index in [1.54, 1.807) is 14.0 Å². The summed E-state index contributed by atoms with van der Waals surface area (Å²) < 4.78 is 11.1. The van der Waals surface area contributed by atoms with Gasteiger partial charge in [-0.2, -0.15) is 0 Å². The normalized spacial score (nSPS) is 24.7. The van der Waals surface area contributed by atoms with Crippen LogP contribution >= 0.6 is 0 Å². The molecule has 1 aromatic carbocycles. The number of benzene rings is 1. The zero-order valence-corrected chi connectivity index (χ0v) is 21.5. The average Bonchev–Trinajstić information content (AvgIpc) is 3.13. The van der Waals surface area contributed by atoms with E-state index in [-0.39, 0.29) is 37.1 Å². The van der Waals surface area contributed by atoms with Crippen LogP contribution in [0.4, 0.5) is 0 Å². The van der Waals surface area contributed by atoms with Gasteiger partial charge in [-0.3, -0.25) is 4.79 Å². The number of hydrogen-bond acceptors (Lipinski definition) is 6. The fourth-order valence-electron chi connectivity index (χ4n) is 5.90. The molecular weight excluding hydrogens is 446 g/mol. The smallest absolute Gasteiger partial charge is 0.344 e. The van der Waals surface area contributed by atoms with Crippen molar-refractivity contribution in [2.75, 3.05) is 13.7 Å². The summed E-state index contributed by atoms with van der Waals surface area (Å²) in [5, 5.41) is 23.7. The highest BCUT2D eigenvalue weighted by molar-refractivity contribution is 5.77. The van der Waals surface area contributed by atoms with E-state index in [9.17, 15) is 19.8 Å². The third-order valence-corrected chi connectivity index (χ3v) is 7.75. The second kappa shape index (κ2) is 13.3. The predicted molar refractivity (Wildman–Crippen MR) is 134 cm³/mol. The Morgan fingerprint density at radius 2 is 2.00 bits per heavy atom. The lowest BCUT2D eigenvalue weighted by Crippen LogP contribution is -2.29. The van der Waals surface area contributed by atoms with Gasteiger partial charge in [-0.15, -0.1) is 0 Å². The summed E-state index contributed by atoms with van der Waals surface area (Å²) in [6, 6.07) is 5.95. The molecule has 196 valence electrons. The van der Waals surface area contributed by atoms with E-state index in [1.165, 1.54) is 5.56 Å². The van der Waals surface area contributed by atoms with E-state index >= 15 is 0 Å². The maximum atomic E-state index is 12.2. The van der Waals surface area contributed by atoms with E-state index < -0.39 is 12.1 Å². The van der Waals surface area contributed by atoms with E-state index in [0.29, 0.717) is 17.6 Å². The average molecular weight is 490 g/mol. The summed E-state index contributed by atoms with van der Waals surface area (Å²) in [4.78, 5) is 23.7. The van der Waals surface area contributed by atoms with E-state index in [4.69, 9.17) is 9.47 Å². The van der Waals surface area contributed by atoms with Crippen molar-refractivity contribution in [2.45, 2.75) is 96.4 Å². The van der Waals surface area contributed by atoms with Gasteiger partial charge >= 0.3 is 5.97 Å². The lowest BCUT2D eigenvalue weighted by atomic mass is 9.73. The molecule has 6 atom stereocenters. The fourth-order valence-corrected chi connectivity index (χ4v) is 5.90. The molecule has 7 nitrogen and oxygen atoms in total. The van der Waals surface area contributed by atoms with Crippen LogP contribution < -0.4 is 10.1 Å². The number of rotatable bonds is 13. The quantitative estimate of drug-likeness (QED) is 0.289. The van der Waals surface area contributed by atoms with E-state index in [0.717, 1.165) is 63.4 Å². The Labute approximate surface area is 209 Å². The number of unbranched alkanes of at least 4 members (excludes halogenated alkanes) is 2. The lowest BCUT2D eigenvalue weighted by Gasteiger charge is -2.32. The van der Waals surface area contributed by atoms with Crippen LogP contribution in [0, 0.1) is 17.8 Å². The number of aliphatic hydroxyl groups excluding tert-OH is 2. The van der Waals surface area contributed by atoms with Gasteiger partial charge in [-0.1, -0.05) is 38.3 Å². The van der Waals surface area contributed by atoms with Crippen molar-refractivity contribution in [3.63, 3.8) is 0 Å². The van der Waals surface area contributed by atoms with Crippen LogP contribution in [0.3, 0.4) is 0 Å². The van der Waals surface area contributed by atoms with Gasteiger partial charge < -0.3 is 25.0 Å². The van der Waals surface area contributed by atoms with Crippen molar-refractivity contribution in [2.24, 2.45) is 17.8 Å². The van der Waals surface area contributed by atoms with Gasteiger partial charge in [-0.05, 0) is 80.4 Å². The second-order valence-corrected chi connectivity index (χ2v) is 10.4. The molecule has 0 saturated heterocycles. The minimum Gasteiger partial charge on any atom is -0.482 e. The van der Waals surface area contributed by atoms with Crippen molar-refractivity contribution in [3.05, 3.63) is 29.3 Å². The molecule has 0 spiro atoms. The van der Waals surface area contributed by atoms with Crippen LogP contribution in [-0.2, 0) is 27.2 Å². The molecule has 0 heterocycles. The number of ether oxygens (including phenoxy) is 2. The van der Waals surface area contributed by atoms with Crippen LogP contribution in [-0.4, -0.2) is 54.1 Å². The highest BCUT2D eigenvalue weighted by Crippen LogP contribution is 2.48. The monoisotopic (exact) mass is 489 g/mol. The van der Waals surface area contributed by atoms with Crippen LogP contribution in [0.25, 0.3) is 0 Å². The first-order valence-corrected chi connectivity index (χ1v) is 13.3. The second-order valence-electron chi connectivity index (χ2n) is 10.4. The number of nitrogens with one attached hydrogen (secondary N) is 1. The summed E-state index contributed by atoms with van der Waals surface area (Å²) in [5.74, 6) is 1.02. The number of amides is 1. The van der Waals surface area contributed by atoms with Gasteiger partial charge in [0.2, 0.25) is 5.91 Å². The molecule has 2 aliphatic rings. The number of hydrogen-bond donors (Lipinski definition) is 3. The van der Waals surface area contributed by atoms with Gasteiger partial charge in [0.15, 0.2) is 6.61 Å². The molecule has 7 heteroatoms. The highest BCUT2D eigenvalue weighted by atomic mass is 16.6. The molecule has 1 aromatic rings. The molecule has 0 aromatic heterocycles. The predicted octanol–water partition coefficient (Wildman–Crippen LogP) is 3.57. The molecule has 3 rings (SSSR count). The van der Waals surface area contributed by atoms with Gasteiger partial charge in [-0.25, -0.2) is 4.79 Å². The summed E-state index contributed by atoms with van der Waals surface area (Å²) >= 11 is 0. The standard InChI is InChI=1S/C28H43NO6/c1-4-5-6-9-21(30)11-12-22-23-14-19-8-7-10-26(24(19)15-20(23)16-25(22)31)34-17-28(33)35-18(2)13-27(32)29-3/h7-8,10,18,20-23,25,30-31H,4-6,9,11-17H2,1-3H3,(H,29,32)/t18?,20-,21-,22+,23-,25+/m0/s1. The van der Waals surface area contributed by atoms with Crippen LogP contribution in [0.1, 0.15) is 76.3 Å². The molecule has 0 bridgehead atoms. The van der Waals surface area contributed by atoms with Crippen molar-refractivity contribution < 1.29 is 29.3 Å². The van der Waals surface area contributed by atoms with Crippen molar-refractivity contribution in [1.29, 1.82) is 0 Å². The van der Waals surface area contributed by atoms with Crippen LogP contribution in [0.5, 0.6) is 5.75 Å². The summed E-state index contributed by atoms with van der Waals surface area (Å²) in [6.45, 7) is 3.65. The minimum absolute atomic E-state index is 0.116. The fraction of sp³-hybridized carbons (Fsp3) is 0.714. The Morgan fingerprint density at radius 1 is 1.20 bits per heavy atom. The van der Waals surface area contributed by atoms with Crippen LogP contribution in [0.15, 0.2) is 18.2 Å². The Hall–Kier alpha value is -2.12. The van der Waals surface area contributed by atoms with Crippen LogP contribution in [0.2, 0.25) is 0 Å². The molecule has 1 amide bonds. The van der Waals surface area contributed by atoms with Gasteiger partial charge in [0.25, 0.3) is 0 Å². The SMILES string of the molecule is CCCCC[C@H](O)CC[C@@H]1[C@H]2Cc3cccc(OCC(=O)OC(C)CC(=O)NC)c3C[C@H]2C[C@H]1O. The molecule has 2 aliphatic carbocycles. The summed E-state index contributed by atoms with van der Waals surface area (Å²) in [7, 11) is 1.55. The van der Waals surface area contributed by atoms with Gasteiger partial charge in [0.05, 0.1) is 18.6 Å². The first-order chi connectivity index (χ1) is 16.8. The summed E-state index contributed by atoms with van der Waals surface area (Å²) in [5.41, 5.74) is 2.33. The van der Waals surface area contributed by atoms with Gasteiger partial charge in [0, 0.05) is 7.05 Å². The maximum Gasteiger partial charge on any atom is 0.344 e. The zero-order valence-electron chi connectivity index (χ0n) is 21.5. The van der Waals surface area contributed by atoms with Crippen molar-refractivity contribution in [1.82, 2.24) is 5.32 Å². The molecule has 1 unspecified atom stereocenters. The molecule has 0 aliphatic heterocycles. The third kappa shape index (κ3) is 7.68. The van der Waals surface area contributed by atoms with Gasteiger partial charge in [0.1, 0.15) is 11.9 Å². The number of aliphatic hydroxyl groups is 2. The van der Waals surface area contributed by atoms with E-state index in [1.807, 2.05) is 12.1 Å². The highest BCUT2D eigenvalue weighted by Gasteiger charge is 2.44. The molecule has 3 N–H and O–H groups in total. The Kier molecular flexibility index (Phi) is 10.4. The number of carbonyl (C=O) groups is 2.